The van der Waals surface area contributed by atoms with Gasteiger partial charge in [-0.25, -0.2) is 4.68 Å². The minimum absolute atomic E-state index is 0.0440. The van der Waals surface area contributed by atoms with Gasteiger partial charge in [0.2, 0.25) is 18.3 Å². The summed E-state index contributed by atoms with van der Waals surface area (Å²) in [6, 6.07) is 9.16. The monoisotopic (exact) mass is 577 g/mol. The van der Waals surface area contributed by atoms with Crippen LogP contribution in [0.1, 0.15) is 38.3 Å². The van der Waals surface area contributed by atoms with Crippen LogP contribution in [0.5, 0.6) is 0 Å². The number of nitrogens with zero attached hydrogens (tertiary/aromatic N) is 4. The van der Waals surface area contributed by atoms with Gasteiger partial charge in [-0.3, -0.25) is 19.8 Å². The number of hydrogen-bond donors (Lipinski definition) is 1. The Morgan fingerprint density at radius 3 is 2.08 bits per heavy atom. The third kappa shape index (κ3) is 7.51. The predicted molar refractivity (Wildman–Crippen MR) is 127 cm³/mol. The predicted octanol–water partition coefficient (Wildman–Crippen LogP) is 2.28. The number of carbonyl (C=O) groups is 3. The number of halogens is 3. The summed E-state index contributed by atoms with van der Waals surface area (Å²) in [7, 11) is 0. The zero-order chi connectivity index (χ0) is 27.3. The molecule has 2 aromatic rings. The lowest BCUT2D eigenvalue weighted by molar-refractivity contribution is -0.291. The van der Waals surface area contributed by atoms with Gasteiger partial charge in [-0.15, -0.1) is 5.10 Å². The smallest absolute Gasteiger partial charge is 0.303 e. The summed E-state index contributed by atoms with van der Waals surface area (Å²) >= 11 is 17.3. The number of aromatic nitrogens is 4. The summed E-state index contributed by atoms with van der Waals surface area (Å²) in [6.07, 6.45) is -7.46. The van der Waals surface area contributed by atoms with Crippen molar-refractivity contribution < 1.29 is 38.1 Å². The number of alkyl halides is 3. The van der Waals surface area contributed by atoms with E-state index in [-0.39, 0.29) is 12.4 Å². The van der Waals surface area contributed by atoms with E-state index in [2.05, 4.69) is 15.5 Å². The number of tetrazole rings is 1. The average molecular weight is 579 g/mol. The van der Waals surface area contributed by atoms with Gasteiger partial charge in [0.25, 0.3) is 3.79 Å². The lowest BCUT2D eigenvalue weighted by Crippen LogP contribution is -2.60. The van der Waals surface area contributed by atoms with Crippen molar-refractivity contribution in [2.24, 2.45) is 0 Å². The molecule has 3 rings (SSSR count). The molecule has 1 N–H and O–H groups in total. The van der Waals surface area contributed by atoms with Crippen LogP contribution < -0.4 is 0 Å². The van der Waals surface area contributed by atoms with Crippen molar-refractivity contribution in [1.29, 1.82) is 5.41 Å². The standard InChI is InChI=1S/C21H22Cl3N5O8/c1-10(30)33-14-15(34-11(2)31)17(35-12(3)32)19(37-20(25)21(22,23)24)36-16(14)18-26-27-28-29(18)9-13-7-5-4-6-8-13/h4-8,14-17,19,25H,9H2,1-3H3/t14-,15-,16-,17+,19-/m0/s1. The maximum atomic E-state index is 12.1. The van der Waals surface area contributed by atoms with Gasteiger partial charge in [0, 0.05) is 20.8 Å². The van der Waals surface area contributed by atoms with Crippen molar-refractivity contribution in [2.45, 2.75) is 61.8 Å². The molecule has 16 heteroatoms. The van der Waals surface area contributed by atoms with Crippen molar-refractivity contribution in [3.63, 3.8) is 0 Å². The summed E-state index contributed by atoms with van der Waals surface area (Å²) in [4.78, 5) is 36.0. The highest BCUT2D eigenvalue weighted by Crippen LogP contribution is 2.38. The van der Waals surface area contributed by atoms with Crippen molar-refractivity contribution in [3.05, 3.63) is 41.7 Å². The molecule has 200 valence electrons. The summed E-state index contributed by atoms with van der Waals surface area (Å²) in [5.74, 6) is -3.24. The van der Waals surface area contributed by atoms with Gasteiger partial charge in [0.1, 0.15) is 0 Å². The van der Waals surface area contributed by atoms with Crippen molar-refractivity contribution in [1.82, 2.24) is 20.2 Å². The topological polar surface area (TPSA) is 165 Å². The zero-order valence-electron chi connectivity index (χ0n) is 19.7. The average Bonchev–Trinajstić information content (AvgIpc) is 3.24. The second kappa shape index (κ2) is 12.0. The fraction of sp³-hybridized carbons (Fsp3) is 0.476. The Labute approximate surface area is 225 Å². The number of rotatable bonds is 7. The lowest BCUT2D eigenvalue weighted by Gasteiger charge is -2.43. The summed E-state index contributed by atoms with van der Waals surface area (Å²) in [5, 5.41) is 19.6. The summed E-state index contributed by atoms with van der Waals surface area (Å²) < 4.78 is 26.6. The van der Waals surface area contributed by atoms with E-state index in [0.717, 1.165) is 26.3 Å². The molecule has 1 aromatic heterocycles. The molecule has 0 saturated carbocycles. The Morgan fingerprint density at radius 2 is 1.51 bits per heavy atom. The SMILES string of the molecule is CC(=O)O[C@@H]1[C@@H](OC(C)=O)[C@H](OC(=N)C(Cl)(Cl)Cl)O[C@H](c2nnnn2Cc2ccccc2)[C@H]1OC(C)=O. The maximum Gasteiger partial charge on any atom is 0.303 e. The molecule has 0 radical (unpaired) electrons. The molecule has 37 heavy (non-hydrogen) atoms. The number of esters is 3. The molecule has 1 aliphatic rings. The van der Waals surface area contributed by atoms with E-state index in [1.54, 1.807) is 0 Å². The number of hydrogen-bond acceptors (Lipinski definition) is 12. The largest absolute Gasteiger partial charge is 0.455 e. The lowest BCUT2D eigenvalue weighted by atomic mass is 9.97. The van der Waals surface area contributed by atoms with E-state index < -0.39 is 58.3 Å². The van der Waals surface area contributed by atoms with Gasteiger partial charge in [-0.1, -0.05) is 65.1 Å². The van der Waals surface area contributed by atoms with Crippen LogP contribution in [0.25, 0.3) is 0 Å². The molecular weight excluding hydrogens is 557 g/mol. The van der Waals surface area contributed by atoms with E-state index in [9.17, 15) is 14.4 Å². The Balaban J connectivity index is 2.09. The first-order chi connectivity index (χ1) is 17.4. The molecule has 0 amide bonds. The molecule has 1 fully saturated rings. The van der Waals surface area contributed by atoms with Gasteiger partial charge in [0.05, 0.1) is 6.54 Å². The third-order valence-corrected chi connectivity index (χ3v) is 5.40. The van der Waals surface area contributed by atoms with E-state index in [0.29, 0.717) is 0 Å². The quantitative estimate of drug-likeness (QED) is 0.168. The van der Waals surface area contributed by atoms with Crippen molar-refractivity contribution >= 4 is 58.6 Å². The van der Waals surface area contributed by atoms with Crippen LogP contribution >= 0.6 is 34.8 Å². The molecule has 0 bridgehead atoms. The fourth-order valence-electron chi connectivity index (χ4n) is 3.54. The second-order valence-electron chi connectivity index (χ2n) is 7.77. The van der Waals surface area contributed by atoms with Crippen LogP contribution in [-0.2, 0) is 44.6 Å². The van der Waals surface area contributed by atoms with Gasteiger partial charge in [-0.05, 0) is 16.0 Å². The molecule has 0 spiro atoms. The molecule has 1 saturated heterocycles. The van der Waals surface area contributed by atoms with Crippen LogP contribution in [0.15, 0.2) is 30.3 Å². The first-order valence-corrected chi connectivity index (χ1v) is 11.8. The molecule has 1 aliphatic heterocycles. The van der Waals surface area contributed by atoms with E-state index >= 15 is 0 Å². The zero-order valence-corrected chi connectivity index (χ0v) is 21.9. The summed E-state index contributed by atoms with van der Waals surface area (Å²) in [6.45, 7) is 3.49. The Hall–Kier alpha value is -3.00. The second-order valence-corrected chi connectivity index (χ2v) is 10.1. The minimum Gasteiger partial charge on any atom is -0.455 e. The first kappa shape index (κ1) is 28.6. The number of carbonyl (C=O) groups excluding carboxylic acids is 3. The van der Waals surface area contributed by atoms with Crippen molar-refractivity contribution in [3.8, 4) is 0 Å². The molecule has 13 nitrogen and oxygen atoms in total. The van der Waals surface area contributed by atoms with Gasteiger partial charge >= 0.3 is 17.9 Å². The van der Waals surface area contributed by atoms with Crippen LogP contribution in [0.3, 0.4) is 0 Å². The highest BCUT2D eigenvalue weighted by molar-refractivity contribution is 6.76. The molecule has 0 unspecified atom stereocenters. The molecule has 1 aromatic carbocycles. The number of nitrogens with one attached hydrogen (secondary N) is 1. The normalized spacial score (nSPS) is 23.6. The van der Waals surface area contributed by atoms with Gasteiger partial charge < -0.3 is 23.7 Å². The van der Waals surface area contributed by atoms with Crippen molar-refractivity contribution in [2.75, 3.05) is 0 Å². The molecular formula is C21H22Cl3N5O8. The van der Waals surface area contributed by atoms with E-state index in [1.807, 2.05) is 30.3 Å². The number of benzene rings is 1. The number of ether oxygens (including phenoxy) is 5. The van der Waals surface area contributed by atoms with E-state index in [1.165, 1.54) is 4.68 Å². The molecule has 5 atom stereocenters. The Kier molecular flexibility index (Phi) is 9.29. The van der Waals surface area contributed by atoms with Gasteiger partial charge in [-0.2, -0.15) is 0 Å². The first-order valence-electron chi connectivity index (χ1n) is 10.7. The Bertz CT molecular complexity index is 1140. The van der Waals surface area contributed by atoms with Crippen LogP contribution in [-0.4, -0.2) is 72.4 Å². The Morgan fingerprint density at radius 1 is 0.946 bits per heavy atom. The minimum atomic E-state index is -2.31. The third-order valence-electron chi connectivity index (χ3n) is 4.88. The maximum absolute atomic E-state index is 12.1. The summed E-state index contributed by atoms with van der Waals surface area (Å²) in [5.41, 5.74) is 0.830. The van der Waals surface area contributed by atoms with E-state index in [4.69, 9.17) is 63.9 Å². The highest BCUT2D eigenvalue weighted by atomic mass is 35.6. The van der Waals surface area contributed by atoms with Gasteiger partial charge in [0.15, 0.2) is 24.1 Å². The van der Waals surface area contributed by atoms with Crippen LogP contribution in [0.2, 0.25) is 0 Å². The highest BCUT2D eigenvalue weighted by Gasteiger charge is 2.55. The fourth-order valence-corrected chi connectivity index (χ4v) is 3.68. The molecule has 0 aliphatic carbocycles. The molecule has 2 heterocycles. The van der Waals surface area contributed by atoms with Crippen LogP contribution in [0.4, 0.5) is 0 Å². The van der Waals surface area contributed by atoms with Crippen LogP contribution in [0, 0.1) is 5.41 Å².